The molecule has 1 atom stereocenters. The van der Waals surface area contributed by atoms with Crippen molar-refractivity contribution in [1.82, 2.24) is 10.6 Å². The summed E-state index contributed by atoms with van der Waals surface area (Å²) >= 11 is 0. The Kier molecular flexibility index (Phi) is 12.7. The minimum Gasteiger partial charge on any atom is -0.394 e. The summed E-state index contributed by atoms with van der Waals surface area (Å²) in [6.07, 6.45) is 9.65. The lowest BCUT2D eigenvalue weighted by Crippen LogP contribution is -2.42. The van der Waals surface area contributed by atoms with Crippen LogP contribution in [0.25, 0.3) is 0 Å². The maximum Gasteiger partial charge on any atom is 0.191 e. The molecule has 0 aliphatic heterocycles. The van der Waals surface area contributed by atoms with Gasteiger partial charge in [-0.3, -0.25) is 4.99 Å². The third-order valence-electron chi connectivity index (χ3n) is 3.83. The standard InChI is InChI=1S/C15H31N3O.HI/c1-3-16-15(17-11-12-19)18-13(2)9-10-14-7-5-4-6-8-14;/h13-14,19H,3-12H2,1-2H3,(H2,16,17,18);1H. The fourth-order valence-electron chi connectivity index (χ4n) is 2.75. The Bertz CT molecular complexity index is 256. The van der Waals surface area contributed by atoms with E-state index in [2.05, 4.69) is 29.5 Å². The van der Waals surface area contributed by atoms with E-state index in [-0.39, 0.29) is 30.6 Å². The van der Waals surface area contributed by atoms with Crippen molar-refractivity contribution in [3.63, 3.8) is 0 Å². The highest BCUT2D eigenvalue weighted by molar-refractivity contribution is 14.0. The molecule has 0 aromatic heterocycles. The Morgan fingerprint density at radius 1 is 1.30 bits per heavy atom. The van der Waals surface area contributed by atoms with Gasteiger partial charge in [0.2, 0.25) is 0 Å². The van der Waals surface area contributed by atoms with E-state index in [1.807, 2.05) is 0 Å². The SMILES string of the molecule is CCNC(=NCCO)NC(C)CCC1CCCCC1.I. The third-order valence-corrected chi connectivity index (χ3v) is 3.83. The number of aliphatic hydroxyl groups is 1. The number of nitrogens with zero attached hydrogens (tertiary/aromatic N) is 1. The van der Waals surface area contributed by atoms with Crippen molar-refractivity contribution >= 4 is 29.9 Å². The molecule has 1 aliphatic rings. The average molecular weight is 397 g/mol. The lowest BCUT2D eigenvalue weighted by Gasteiger charge is -2.24. The Hall–Kier alpha value is -0.0400. The molecule has 1 unspecified atom stereocenters. The molecule has 5 heteroatoms. The van der Waals surface area contributed by atoms with E-state index in [1.54, 1.807) is 0 Å². The number of halogens is 1. The minimum absolute atomic E-state index is 0. The maximum absolute atomic E-state index is 8.83. The van der Waals surface area contributed by atoms with Crippen LogP contribution in [0, 0.1) is 5.92 Å². The molecule has 1 saturated carbocycles. The van der Waals surface area contributed by atoms with Gasteiger partial charge in [0.25, 0.3) is 0 Å². The van der Waals surface area contributed by atoms with Gasteiger partial charge in [-0.1, -0.05) is 32.1 Å². The largest absolute Gasteiger partial charge is 0.394 e. The predicted octanol–water partition coefficient (Wildman–Crippen LogP) is 2.90. The number of hydrogen-bond donors (Lipinski definition) is 3. The second-order valence-corrected chi connectivity index (χ2v) is 5.61. The van der Waals surface area contributed by atoms with Crippen LogP contribution < -0.4 is 10.6 Å². The van der Waals surface area contributed by atoms with E-state index < -0.39 is 0 Å². The molecule has 0 radical (unpaired) electrons. The van der Waals surface area contributed by atoms with Gasteiger partial charge in [-0.2, -0.15) is 0 Å². The summed E-state index contributed by atoms with van der Waals surface area (Å²) in [5.41, 5.74) is 0. The lowest BCUT2D eigenvalue weighted by molar-refractivity contribution is 0.306. The summed E-state index contributed by atoms with van der Waals surface area (Å²) in [6, 6.07) is 0.443. The first-order valence-electron chi connectivity index (χ1n) is 7.92. The predicted molar refractivity (Wildman–Crippen MR) is 96.9 cm³/mol. The number of nitrogens with one attached hydrogen (secondary N) is 2. The van der Waals surface area contributed by atoms with Gasteiger partial charge in [0.1, 0.15) is 0 Å². The lowest BCUT2D eigenvalue weighted by atomic mass is 9.85. The topological polar surface area (TPSA) is 56.7 Å². The first-order chi connectivity index (χ1) is 9.26. The first-order valence-corrected chi connectivity index (χ1v) is 7.92. The molecular formula is C15H32IN3O. The van der Waals surface area contributed by atoms with Crippen LogP contribution in [0.4, 0.5) is 0 Å². The van der Waals surface area contributed by atoms with Crippen LogP contribution in [0.15, 0.2) is 4.99 Å². The van der Waals surface area contributed by atoms with Crippen molar-refractivity contribution in [3.05, 3.63) is 0 Å². The fourth-order valence-corrected chi connectivity index (χ4v) is 2.75. The van der Waals surface area contributed by atoms with Crippen LogP contribution in [0.2, 0.25) is 0 Å². The molecule has 0 saturated heterocycles. The van der Waals surface area contributed by atoms with E-state index in [1.165, 1.54) is 44.9 Å². The van der Waals surface area contributed by atoms with E-state index in [4.69, 9.17) is 5.11 Å². The number of rotatable bonds is 7. The van der Waals surface area contributed by atoms with Crippen LogP contribution in [-0.4, -0.2) is 36.8 Å². The molecule has 3 N–H and O–H groups in total. The van der Waals surface area contributed by atoms with Gasteiger partial charge in [-0.05, 0) is 32.6 Å². The van der Waals surface area contributed by atoms with Crippen molar-refractivity contribution in [2.75, 3.05) is 19.7 Å². The quantitative estimate of drug-likeness (QED) is 0.352. The van der Waals surface area contributed by atoms with Gasteiger partial charge in [-0.25, -0.2) is 0 Å². The molecule has 1 fully saturated rings. The molecule has 0 spiro atoms. The smallest absolute Gasteiger partial charge is 0.191 e. The summed E-state index contributed by atoms with van der Waals surface area (Å²) in [7, 11) is 0. The van der Waals surface area contributed by atoms with E-state index in [9.17, 15) is 0 Å². The number of aliphatic hydroxyl groups excluding tert-OH is 1. The third kappa shape index (κ3) is 9.00. The van der Waals surface area contributed by atoms with Crippen molar-refractivity contribution < 1.29 is 5.11 Å². The van der Waals surface area contributed by atoms with Crippen LogP contribution in [-0.2, 0) is 0 Å². The van der Waals surface area contributed by atoms with Crippen molar-refractivity contribution in [3.8, 4) is 0 Å². The Morgan fingerprint density at radius 3 is 2.60 bits per heavy atom. The molecule has 0 aromatic rings. The van der Waals surface area contributed by atoms with Crippen LogP contribution in [0.3, 0.4) is 0 Å². The zero-order valence-corrected chi connectivity index (χ0v) is 15.4. The Morgan fingerprint density at radius 2 is 2.00 bits per heavy atom. The van der Waals surface area contributed by atoms with Crippen LogP contribution >= 0.6 is 24.0 Å². The molecule has 20 heavy (non-hydrogen) atoms. The highest BCUT2D eigenvalue weighted by Crippen LogP contribution is 2.27. The second kappa shape index (κ2) is 12.7. The molecule has 0 bridgehead atoms. The van der Waals surface area contributed by atoms with Gasteiger partial charge >= 0.3 is 0 Å². The molecule has 120 valence electrons. The monoisotopic (exact) mass is 397 g/mol. The molecule has 1 rings (SSSR count). The van der Waals surface area contributed by atoms with Crippen LogP contribution in [0.5, 0.6) is 0 Å². The van der Waals surface area contributed by atoms with Crippen LogP contribution in [0.1, 0.15) is 58.8 Å². The summed E-state index contributed by atoms with van der Waals surface area (Å²) in [4.78, 5) is 4.31. The number of aliphatic imine (C=N–C) groups is 1. The first kappa shape index (κ1) is 20.0. The van der Waals surface area contributed by atoms with Crippen molar-refractivity contribution in [1.29, 1.82) is 0 Å². The summed E-state index contributed by atoms with van der Waals surface area (Å²) in [5, 5.41) is 15.5. The molecule has 0 aromatic carbocycles. The number of guanidine groups is 1. The van der Waals surface area contributed by atoms with E-state index >= 15 is 0 Å². The second-order valence-electron chi connectivity index (χ2n) is 5.61. The molecule has 1 aliphatic carbocycles. The molecule has 4 nitrogen and oxygen atoms in total. The average Bonchev–Trinajstić information content (AvgIpc) is 2.44. The minimum atomic E-state index is 0. The number of hydrogen-bond acceptors (Lipinski definition) is 2. The Labute approximate surface area is 141 Å². The molecule has 0 amide bonds. The van der Waals surface area contributed by atoms with E-state index in [0.717, 1.165) is 18.4 Å². The highest BCUT2D eigenvalue weighted by atomic mass is 127. The van der Waals surface area contributed by atoms with E-state index in [0.29, 0.717) is 12.6 Å². The van der Waals surface area contributed by atoms with Crippen molar-refractivity contribution in [2.24, 2.45) is 10.9 Å². The fraction of sp³-hybridized carbons (Fsp3) is 0.933. The van der Waals surface area contributed by atoms with Gasteiger partial charge in [0, 0.05) is 12.6 Å². The summed E-state index contributed by atoms with van der Waals surface area (Å²) < 4.78 is 0. The van der Waals surface area contributed by atoms with Gasteiger partial charge in [-0.15, -0.1) is 24.0 Å². The summed E-state index contributed by atoms with van der Waals surface area (Å²) in [5.74, 6) is 1.77. The van der Waals surface area contributed by atoms with Gasteiger partial charge < -0.3 is 15.7 Å². The normalized spacial score (nSPS) is 18.2. The zero-order valence-electron chi connectivity index (χ0n) is 13.0. The van der Waals surface area contributed by atoms with Gasteiger partial charge in [0.15, 0.2) is 5.96 Å². The Balaban J connectivity index is 0.00000361. The van der Waals surface area contributed by atoms with Gasteiger partial charge in [0.05, 0.1) is 13.2 Å². The molecular weight excluding hydrogens is 365 g/mol. The molecule has 0 heterocycles. The maximum atomic E-state index is 8.83. The summed E-state index contributed by atoms with van der Waals surface area (Å²) in [6.45, 7) is 5.70. The highest BCUT2D eigenvalue weighted by Gasteiger charge is 2.14. The van der Waals surface area contributed by atoms with Crippen molar-refractivity contribution in [2.45, 2.75) is 64.8 Å². The zero-order chi connectivity index (χ0) is 13.9.